The molecule has 0 spiro atoms. The van der Waals surface area contributed by atoms with Gasteiger partial charge in [-0.1, -0.05) is 0 Å². The molecule has 0 saturated carbocycles. The summed E-state index contributed by atoms with van der Waals surface area (Å²) < 4.78 is 0. The fraction of sp³-hybridized carbons (Fsp3) is 0.667. The second-order valence-electron chi connectivity index (χ2n) is 2.45. The van der Waals surface area contributed by atoms with Crippen molar-refractivity contribution >= 4 is 11.8 Å². The Morgan fingerprint density at radius 2 is 2.45 bits per heavy atom. The summed E-state index contributed by atoms with van der Waals surface area (Å²) in [4.78, 5) is 14.3. The van der Waals surface area contributed by atoms with Crippen molar-refractivity contribution in [3.8, 4) is 0 Å². The number of carboxylic acids is 1. The van der Waals surface area contributed by atoms with Crippen LogP contribution in [0.2, 0.25) is 0 Å². The Hall–Kier alpha value is -1.10. The van der Waals surface area contributed by atoms with Crippen molar-refractivity contribution in [1.29, 1.82) is 0 Å². The van der Waals surface area contributed by atoms with E-state index >= 15 is 0 Å². The Morgan fingerprint density at radius 3 is 2.91 bits per heavy atom. The highest BCUT2D eigenvalue weighted by molar-refractivity contribution is 5.87. The van der Waals surface area contributed by atoms with Gasteiger partial charge in [-0.15, -0.1) is 0 Å². The van der Waals surface area contributed by atoms with Crippen LogP contribution in [0.4, 0.5) is 0 Å². The summed E-state index contributed by atoms with van der Waals surface area (Å²) in [7, 11) is 0. The Labute approximate surface area is 63.8 Å². The third kappa shape index (κ3) is 1.68. The average molecular weight is 158 g/mol. The van der Waals surface area contributed by atoms with Gasteiger partial charge in [-0.2, -0.15) is 0 Å². The van der Waals surface area contributed by atoms with Crippen molar-refractivity contribution < 1.29 is 15.0 Å². The van der Waals surface area contributed by atoms with Crippen LogP contribution in [0.3, 0.4) is 0 Å². The maximum absolute atomic E-state index is 10.4. The number of aliphatic hydroxyl groups is 1. The Balaban J connectivity index is 2.67. The number of nitrogens with zero attached hydrogens (tertiary/aromatic N) is 1. The zero-order valence-corrected chi connectivity index (χ0v) is 6.11. The monoisotopic (exact) mass is 158 g/mol. The molecule has 3 N–H and O–H groups in total. The van der Waals surface area contributed by atoms with Gasteiger partial charge >= 0.3 is 5.97 Å². The van der Waals surface area contributed by atoms with E-state index in [2.05, 4.69) is 10.3 Å². The molecule has 0 aliphatic carbocycles. The third-order valence-electron chi connectivity index (χ3n) is 1.53. The number of aliphatic imine (C=N–C) groups is 1. The van der Waals surface area contributed by atoms with Gasteiger partial charge in [0.15, 0.2) is 6.04 Å². The fourth-order valence-corrected chi connectivity index (χ4v) is 0.929. The normalized spacial score (nSPS) is 30.5. The molecular formula is C6H10N2O3. The lowest BCUT2D eigenvalue weighted by molar-refractivity contribution is -0.141. The fourth-order valence-electron chi connectivity index (χ4n) is 0.929. The van der Waals surface area contributed by atoms with Crippen molar-refractivity contribution in [2.75, 3.05) is 6.54 Å². The maximum atomic E-state index is 10.4. The molecule has 0 radical (unpaired) electrons. The first kappa shape index (κ1) is 8.00. The van der Waals surface area contributed by atoms with Gasteiger partial charge in [0.25, 0.3) is 0 Å². The quantitative estimate of drug-likeness (QED) is 0.448. The summed E-state index contributed by atoms with van der Waals surface area (Å²) in [5.41, 5.74) is 0. The van der Waals surface area contributed by atoms with Crippen LogP contribution in [-0.2, 0) is 4.79 Å². The van der Waals surface area contributed by atoms with Crippen molar-refractivity contribution in [3.63, 3.8) is 0 Å². The van der Waals surface area contributed by atoms with Gasteiger partial charge in [-0.05, 0) is 6.92 Å². The highest BCUT2D eigenvalue weighted by Crippen LogP contribution is 2.00. The first-order valence-electron chi connectivity index (χ1n) is 3.29. The van der Waals surface area contributed by atoms with E-state index in [-0.39, 0.29) is 6.54 Å². The van der Waals surface area contributed by atoms with Crippen LogP contribution in [0.15, 0.2) is 4.99 Å². The molecule has 0 aromatic carbocycles. The van der Waals surface area contributed by atoms with Crippen molar-refractivity contribution in [1.82, 2.24) is 5.32 Å². The topological polar surface area (TPSA) is 81.9 Å². The predicted molar refractivity (Wildman–Crippen MR) is 38.5 cm³/mol. The molecule has 0 aromatic rings. The van der Waals surface area contributed by atoms with Crippen LogP contribution in [0, 0.1) is 0 Å². The lowest BCUT2D eigenvalue weighted by atomic mass is 10.1. The molecule has 5 heteroatoms. The number of carbonyl (C=O) groups is 1. The summed E-state index contributed by atoms with van der Waals surface area (Å²) in [5.74, 6) is -0.491. The zero-order valence-electron chi connectivity index (χ0n) is 6.11. The summed E-state index contributed by atoms with van der Waals surface area (Å²) in [5, 5.41) is 20.2. The molecule has 1 heterocycles. The smallest absolute Gasteiger partial charge is 0.328 e. The van der Waals surface area contributed by atoms with Gasteiger partial charge in [0.2, 0.25) is 0 Å². The molecule has 11 heavy (non-hydrogen) atoms. The minimum Gasteiger partial charge on any atom is -0.480 e. The molecule has 2 atom stereocenters. The molecule has 0 bridgehead atoms. The van der Waals surface area contributed by atoms with Crippen LogP contribution in [-0.4, -0.2) is 40.7 Å². The van der Waals surface area contributed by atoms with E-state index in [1.165, 1.54) is 0 Å². The SMILES string of the molecule is CC1=NC[C@H](O)C(C(=O)O)N1. The van der Waals surface area contributed by atoms with Gasteiger partial charge in [-0.3, -0.25) is 4.99 Å². The van der Waals surface area contributed by atoms with E-state index < -0.39 is 18.1 Å². The maximum Gasteiger partial charge on any atom is 0.328 e. The molecule has 1 aliphatic heterocycles. The minimum absolute atomic E-state index is 0.163. The third-order valence-corrected chi connectivity index (χ3v) is 1.53. The molecule has 0 amide bonds. The number of hydrogen-bond acceptors (Lipinski definition) is 4. The van der Waals surface area contributed by atoms with Crippen molar-refractivity contribution in [2.24, 2.45) is 4.99 Å². The van der Waals surface area contributed by atoms with Crippen LogP contribution in [0.1, 0.15) is 6.92 Å². The summed E-state index contributed by atoms with van der Waals surface area (Å²) >= 11 is 0. The van der Waals surface area contributed by atoms with E-state index in [4.69, 9.17) is 10.2 Å². The van der Waals surface area contributed by atoms with E-state index in [0.717, 1.165) is 0 Å². The highest BCUT2D eigenvalue weighted by atomic mass is 16.4. The molecule has 0 saturated heterocycles. The van der Waals surface area contributed by atoms with Gasteiger partial charge in [0.1, 0.15) is 6.10 Å². The van der Waals surface area contributed by atoms with Crippen LogP contribution < -0.4 is 5.32 Å². The molecule has 5 nitrogen and oxygen atoms in total. The second kappa shape index (κ2) is 2.87. The lowest BCUT2D eigenvalue weighted by Crippen LogP contribution is -2.52. The van der Waals surface area contributed by atoms with Gasteiger partial charge in [-0.25, -0.2) is 4.79 Å². The van der Waals surface area contributed by atoms with Crippen LogP contribution in [0.5, 0.6) is 0 Å². The second-order valence-corrected chi connectivity index (χ2v) is 2.45. The molecule has 1 aliphatic rings. The molecule has 62 valence electrons. The Kier molecular flexibility index (Phi) is 2.09. The number of nitrogens with one attached hydrogen (secondary N) is 1. The molecule has 0 aromatic heterocycles. The van der Waals surface area contributed by atoms with Crippen molar-refractivity contribution in [3.05, 3.63) is 0 Å². The van der Waals surface area contributed by atoms with E-state index in [1.54, 1.807) is 6.92 Å². The Morgan fingerprint density at radius 1 is 1.82 bits per heavy atom. The Bertz CT molecular complexity index is 202. The molecule has 0 fully saturated rings. The standard InChI is InChI=1S/C6H10N2O3/c1-3-7-2-4(9)5(8-3)6(10)11/h4-5,9H,2H2,1H3,(H,7,8)(H,10,11)/t4-,5?/m0/s1. The number of aliphatic carboxylic acids is 1. The van der Waals surface area contributed by atoms with Gasteiger partial charge in [0.05, 0.1) is 12.4 Å². The zero-order chi connectivity index (χ0) is 8.43. The number of amidine groups is 1. The highest BCUT2D eigenvalue weighted by Gasteiger charge is 2.28. The number of aliphatic hydroxyl groups excluding tert-OH is 1. The summed E-state index contributed by atoms with van der Waals surface area (Å²) in [6.07, 6.45) is -0.920. The predicted octanol–water partition coefficient (Wildman–Crippen LogP) is -1.18. The molecular weight excluding hydrogens is 148 g/mol. The van der Waals surface area contributed by atoms with Crippen LogP contribution >= 0.6 is 0 Å². The first-order chi connectivity index (χ1) is 5.11. The van der Waals surface area contributed by atoms with Gasteiger partial charge in [0, 0.05) is 0 Å². The molecule has 1 rings (SSSR count). The lowest BCUT2D eigenvalue weighted by Gasteiger charge is -2.24. The van der Waals surface area contributed by atoms with Crippen molar-refractivity contribution in [2.45, 2.75) is 19.1 Å². The van der Waals surface area contributed by atoms with Gasteiger partial charge < -0.3 is 15.5 Å². The first-order valence-corrected chi connectivity index (χ1v) is 3.29. The number of carboxylic acid groups (broad SMARTS) is 1. The summed E-state index contributed by atoms with van der Waals surface area (Å²) in [6, 6.07) is -0.910. The van der Waals surface area contributed by atoms with Crippen LogP contribution in [0.25, 0.3) is 0 Å². The molecule has 1 unspecified atom stereocenters. The number of hydrogen-bond donors (Lipinski definition) is 3. The van der Waals surface area contributed by atoms with E-state index in [0.29, 0.717) is 5.84 Å². The van der Waals surface area contributed by atoms with E-state index in [9.17, 15) is 4.79 Å². The van der Waals surface area contributed by atoms with E-state index in [1.807, 2.05) is 0 Å². The average Bonchev–Trinajstić information content (AvgIpc) is 1.94. The minimum atomic E-state index is -1.05. The largest absolute Gasteiger partial charge is 0.480 e. The summed E-state index contributed by atoms with van der Waals surface area (Å²) in [6.45, 7) is 1.83. The number of rotatable bonds is 1.